The zero-order valence-corrected chi connectivity index (χ0v) is 13.3. The molecule has 24 heavy (non-hydrogen) atoms. The van der Waals surface area contributed by atoms with Crippen LogP contribution in [0.2, 0.25) is 0 Å². The van der Waals surface area contributed by atoms with E-state index in [9.17, 15) is 9.59 Å². The van der Waals surface area contributed by atoms with Crippen LogP contribution in [0.4, 0.5) is 0 Å². The van der Waals surface area contributed by atoms with E-state index in [2.05, 4.69) is 10.5 Å². The molecule has 0 unspecified atom stereocenters. The first-order valence-corrected chi connectivity index (χ1v) is 7.83. The number of imide groups is 1. The summed E-state index contributed by atoms with van der Waals surface area (Å²) in [7, 11) is 0. The summed E-state index contributed by atoms with van der Waals surface area (Å²) in [6, 6.07) is 6.28. The molecule has 3 heterocycles. The number of carbonyl (C=O) groups excluding carboxylic acids is 2. The Morgan fingerprint density at radius 3 is 2.58 bits per heavy atom. The predicted molar refractivity (Wildman–Crippen MR) is 87.3 cm³/mol. The van der Waals surface area contributed by atoms with Crippen molar-refractivity contribution in [3.8, 4) is 0 Å². The fourth-order valence-corrected chi connectivity index (χ4v) is 3.28. The molecule has 0 aliphatic carbocycles. The summed E-state index contributed by atoms with van der Waals surface area (Å²) in [6.07, 6.45) is -0.638. The highest BCUT2D eigenvalue weighted by Gasteiger charge is 2.50. The molecule has 2 saturated heterocycles. The zero-order valence-electron chi connectivity index (χ0n) is 12.5. The second kappa shape index (κ2) is 5.62. The van der Waals surface area contributed by atoms with E-state index in [-0.39, 0.29) is 29.6 Å². The van der Waals surface area contributed by atoms with Crippen molar-refractivity contribution < 1.29 is 19.1 Å². The Morgan fingerprint density at radius 2 is 1.96 bits per heavy atom. The Hall–Kier alpha value is -2.36. The number of nitrogens with one attached hydrogen (secondary N) is 1. The van der Waals surface area contributed by atoms with Gasteiger partial charge in [0, 0.05) is 6.42 Å². The van der Waals surface area contributed by atoms with Crippen molar-refractivity contribution in [3.05, 3.63) is 35.4 Å². The van der Waals surface area contributed by atoms with Crippen molar-refractivity contribution in [2.75, 3.05) is 6.61 Å². The Kier molecular flexibility index (Phi) is 3.56. The summed E-state index contributed by atoms with van der Waals surface area (Å²) in [4.78, 5) is 26.6. The van der Waals surface area contributed by atoms with Crippen LogP contribution in [0.3, 0.4) is 0 Å². The molecule has 3 N–H and O–H groups in total. The van der Waals surface area contributed by atoms with Gasteiger partial charge in [0.1, 0.15) is 6.10 Å². The molecular weight excluding hydrogens is 332 g/mol. The highest BCUT2D eigenvalue weighted by Crippen LogP contribution is 2.33. The number of hydrogen-bond acceptors (Lipinski definition) is 6. The molecule has 4 rings (SSSR count). The van der Waals surface area contributed by atoms with E-state index in [0.29, 0.717) is 23.3 Å². The average molecular weight is 346 g/mol. The van der Waals surface area contributed by atoms with Gasteiger partial charge >= 0.3 is 0 Å². The van der Waals surface area contributed by atoms with Gasteiger partial charge in [-0.25, -0.2) is 0 Å². The third kappa shape index (κ3) is 2.29. The summed E-state index contributed by atoms with van der Waals surface area (Å²) in [5, 5.41) is 4.10. The van der Waals surface area contributed by atoms with Gasteiger partial charge in [-0.05, 0) is 24.4 Å². The average Bonchev–Trinajstić information content (AvgIpc) is 3.10. The number of nitrogens with two attached hydrogens (primary N) is 1. The van der Waals surface area contributed by atoms with Gasteiger partial charge in [-0.1, -0.05) is 12.1 Å². The quantitative estimate of drug-likeness (QED) is 0.440. The predicted octanol–water partition coefficient (Wildman–Crippen LogP) is -0.0144. The molecule has 1 aromatic carbocycles. The maximum absolute atomic E-state index is 12.7. The summed E-state index contributed by atoms with van der Waals surface area (Å²) < 4.78 is 11.3. The Bertz CT molecular complexity index is 745. The summed E-state index contributed by atoms with van der Waals surface area (Å²) in [5.41, 5.74) is 9.20. The van der Waals surface area contributed by atoms with E-state index < -0.39 is 12.3 Å². The normalized spacial score (nSPS) is 29.9. The molecule has 124 valence electrons. The van der Waals surface area contributed by atoms with Crippen LogP contribution in [0, 0.1) is 0 Å². The fourth-order valence-electron chi connectivity index (χ4n) is 3.23. The van der Waals surface area contributed by atoms with Crippen LogP contribution in [-0.4, -0.2) is 52.6 Å². The minimum Gasteiger partial charge on any atom is -0.375 e. The first-order valence-electron chi connectivity index (χ1n) is 7.42. The number of thiocarbonyl (C=S) groups is 1. The van der Waals surface area contributed by atoms with E-state index >= 15 is 0 Å². The molecule has 2 fully saturated rings. The minimum atomic E-state index is -0.608. The summed E-state index contributed by atoms with van der Waals surface area (Å²) >= 11 is 4.73. The summed E-state index contributed by atoms with van der Waals surface area (Å²) in [5.74, 6) is -0.646. The van der Waals surface area contributed by atoms with Gasteiger partial charge < -0.3 is 15.2 Å². The molecule has 1 aromatic rings. The number of amides is 2. The first-order chi connectivity index (χ1) is 11.6. The van der Waals surface area contributed by atoms with Gasteiger partial charge in [-0.15, -0.1) is 0 Å². The first kappa shape index (κ1) is 15.2. The van der Waals surface area contributed by atoms with Gasteiger partial charge in [0.2, 0.25) is 0 Å². The highest BCUT2D eigenvalue weighted by molar-refractivity contribution is 7.80. The number of carbonyl (C=O) groups is 2. The lowest BCUT2D eigenvalue weighted by Crippen LogP contribution is -2.52. The van der Waals surface area contributed by atoms with Crippen LogP contribution < -0.4 is 11.2 Å². The molecule has 0 radical (unpaired) electrons. The third-order valence-corrected chi connectivity index (χ3v) is 4.39. The van der Waals surface area contributed by atoms with E-state index in [1.807, 2.05) is 0 Å². The van der Waals surface area contributed by atoms with E-state index in [1.165, 1.54) is 4.90 Å². The van der Waals surface area contributed by atoms with Crippen LogP contribution in [0.5, 0.6) is 0 Å². The standard InChI is InChI=1S/C15H14N4O4S/c16-15(24)18-17-9-5-10(11-6-22-14(9)23-11)19-12(20)7-3-1-2-4-8(7)13(19)21/h1-4,10-11,14H,5-6H2,(H3,16,18,24)/b17-9+/t10-,11+,14-/m0/s1. The molecule has 2 bridgehead atoms. The van der Waals surface area contributed by atoms with Crippen LogP contribution in [-0.2, 0) is 9.47 Å². The van der Waals surface area contributed by atoms with Gasteiger partial charge in [-0.3, -0.25) is 19.9 Å². The molecule has 3 aliphatic heterocycles. The molecule has 9 heteroatoms. The molecule has 8 nitrogen and oxygen atoms in total. The highest BCUT2D eigenvalue weighted by atomic mass is 32.1. The second-order valence-electron chi connectivity index (χ2n) is 5.72. The molecular formula is C15H14N4O4S. The van der Waals surface area contributed by atoms with E-state index in [4.69, 9.17) is 27.4 Å². The number of rotatable bonds is 2. The maximum atomic E-state index is 12.7. The molecule has 2 amide bonds. The largest absolute Gasteiger partial charge is 0.375 e. The van der Waals surface area contributed by atoms with Crippen molar-refractivity contribution in [2.24, 2.45) is 10.8 Å². The Balaban J connectivity index is 1.65. The van der Waals surface area contributed by atoms with Gasteiger partial charge in [0.05, 0.1) is 29.5 Å². The van der Waals surface area contributed by atoms with Crippen molar-refractivity contribution in [1.29, 1.82) is 0 Å². The molecule has 0 saturated carbocycles. The van der Waals surface area contributed by atoms with Crippen molar-refractivity contribution >= 4 is 34.9 Å². The van der Waals surface area contributed by atoms with E-state index in [0.717, 1.165) is 0 Å². The lowest BCUT2D eigenvalue weighted by atomic mass is 10.0. The minimum absolute atomic E-state index is 0.0138. The van der Waals surface area contributed by atoms with Crippen molar-refractivity contribution in [1.82, 2.24) is 10.3 Å². The van der Waals surface area contributed by atoms with Crippen LogP contribution in [0.1, 0.15) is 27.1 Å². The Morgan fingerprint density at radius 1 is 1.29 bits per heavy atom. The number of nitrogens with zero attached hydrogens (tertiary/aromatic N) is 2. The number of fused-ring (bicyclic) bond motifs is 3. The molecule has 3 atom stereocenters. The third-order valence-electron chi connectivity index (χ3n) is 4.30. The summed E-state index contributed by atoms with van der Waals surface area (Å²) in [6.45, 7) is 0.287. The lowest BCUT2D eigenvalue weighted by Gasteiger charge is -2.33. The number of hydrazone groups is 1. The SMILES string of the molecule is NC(=S)N/N=C1\C[C@H](N2C(=O)c3ccccc3C2=O)[C@H]2CO[C@H]1O2. The van der Waals surface area contributed by atoms with Gasteiger partial charge in [0.25, 0.3) is 11.8 Å². The van der Waals surface area contributed by atoms with Gasteiger partial charge in [-0.2, -0.15) is 5.10 Å². The monoisotopic (exact) mass is 346 g/mol. The number of ether oxygens (including phenoxy) is 2. The Labute approximate surface area is 142 Å². The lowest BCUT2D eigenvalue weighted by molar-refractivity contribution is -0.0376. The number of benzene rings is 1. The van der Waals surface area contributed by atoms with Crippen LogP contribution in [0.25, 0.3) is 0 Å². The van der Waals surface area contributed by atoms with Crippen LogP contribution in [0.15, 0.2) is 29.4 Å². The molecule has 0 spiro atoms. The van der Waals surface area contributed by atoms with Crippen molar-refractivity contribution in [2.45, 2.75) is 24.9 Å². The second-order valence-corrected chi connectivity index (χ2v) is 6.16. The maximum Gasteiger partial charge on any atom is 0.261 e. The molecule has 0 aromatic heterocycles. The van der Waals surface area contributed by atoms with Gasteiger partial charge in [0.15, 0.2) is 11.4 Å². The molecule has 3 aliphatic rings. The van der Waals surface area contributed by atoms with E-state index in [1.54, 1.807) is 24.3 Å². The van der Waals surface area contributed by atoms with Crippen molar-refractivity contribution in [3.63, 3.8) is 0 Å². The topological polar surface area (TPSA) is 106 Å². The smallest absolute Gasteiger partial charge is 0.261 e. The fraction of sp³-hybridized carbons (Fsp3) is 0.333. The number of hydrogen-bond donors (Lipinski definition) is 2. The van der Waals surface area contributed by atoms with Crippen LogP contribution >= 0.6 is 12.2 Å². The zero-order chi connectivity index (χ0) is 16.8.